The van der Waals surface area contributed by atoms with E-state index in [2.05, 4.69) is 4.99 Å². The van der Waals surface area contributed by atoms with E-state index in [0.29, 0.717) is 6.07 Å². The zero-order valence-corrected chi connectivity index (χ0v) is 9.48. The van der Waals surface area contributed by atoms with Gasteiger partial charge in [0, 0.05) is 0 Å². The van der Waals surface area contributed by atoms with Crippen molar-refractivity contribution in [2.75, 3.05) is 5.88 Å². The lowest BCUT2D eigenvalue weighted by atomic mass is 10.1. The van der Waals surface area contributed by atoms with Crippen LogP contribution in [-0.2, 0) is 6.18 Å². The third-order valence-corrected chi connectivity index (χ3v) is 2.21. The predicted octanol–water partition coefficient (Wildman–Crippen LogP) is 2.94. The maximum atomic E-state index is 13.6. The standard InChI is InChI=1S/C10H6ClF4N3/c11-3-7(17)18-9-5(4-16)1-2-6(8(9)12)10(13,14)15/h1-2H,3H2,(H2,17,18). The zero-order valence-electron chi connectivity index (χ0n) is 8.72. The summed E-state index contributed by atoms with van der Waals surface area (Å²) in [7, 11) is 0. The fourth-order valence-corrected chi connectivity index (χ4v) is 1.22. The van der Waals surface area contributed by atoms with Crippen molar-refractivity contribution in [2.24, 2.45) is 10.7 Å². The van der Waals surface area contributed by atoms with Gasteiger partial charge in [0.2, 0.25) is 0 Å². The number of halogens is 5. The van der Waals surface area contributed by atoms with E-state index in [1.807, 2.05) is 0 Å². The molecule has 0 fully saturated rings. The van der Waals surface area contributed by atoms with Crippen molar-refractivity contribution in [1.29, 1.82) is 5.26 Å². The zero-order chi connectivity index (χ0) is 13.9. The molecule has 1 aromatic rings. The summed E-state index contributed by atoms with van der Waals surface area (Å²) in [6.07, 6.45) is -4.88. The van der Waals surface area contributed by atoms with Crippen molar-refractivity contribution in [1.82, 2.24) is 0 Å². The molecule has 0 radical (unpaired) electrons. The molecule has 96 valence electrons. The SMILES string of the molecule is N#Cc1ccc(C(F)(F)F)c(F)c1N=C(N)CCl. The minimum atomic E-state index is -4.88. The molecule has 1 aromatic carbocycles. The van der Waals surface area contributed by atoms with Gasteiger partial charge in [-0.15, -0.1) is 11.6 Å². The van der Waals surface area contributed by atoms with Gasteiger partial charge in [-0.25, -0.2) is 9.38 Å². The summed E-state index contributed by atoms with van der Waals surface area (Å²) in [5.41, 5.74) is 2.59. The molecule has 0 bridgehead atoms. The van der Waals surface area contributed by atoms with E-state index in [0.717, 1.165) is 6.07 Å². The molecule has 1 rings (SSSR count). The molecule has 0 spiro atoms. The van der Waals surface area contributed by atoms with Crippen LogP contribution in [0.25, 0.3) is 0 Å². The molecule has 0 saturated heterocycles. The average Bonchev–Trinajstić information content (AvgIpc) is 2.29. The molecule has 0 heterocycles. The first-order valence-corrected chi connectivity index (χ1v) is 5.03. The van der Waals surface area contributed by atoms with Gasteiger partial charge in [0.25, 0.3) is 0 Å². The molecule has 0 saturated carbocycles. The Balaban J connectivity index is 3.52. The van der Waals surface area contributed by atoms with Crippen molar-refractivity contribution in [2.45, 2.75) is 6.18 Å². The molecule has 0 aliphatic heterocycles. The van der Waals surface area contributed by atoms with Crippen LogP contribution in [0.4, 0.5) is 23.2 Å². The maximum Gasteiger partial charge on any atom is 0.419 e. The summed E-state index contributed by atoms with van der Waals surface area (Å²) in [6, 6.07) is 2.83. The Labute approximate surface area is 104 Å². The lowest BCUT2D eigenvalue weighted by molar-refractivity contribution is -0.139. The number of nitrogens with two attached hydrogens (primary N) is 1. The number of nitrogens with zero attached hydrogens (tertiary/aromatic N) is 2. The third kappa shape index (κ3) is 2.90. The highest BCUT2D eigenvalue weighted by molar-refractivity contribution is 6.28. The van der Waals surface area contributed by atoms with Crippen LogP contribution in [-0.4, -0.2) is 11.7 Å². The van der Waals surface area contributed by atoms with Gasteiger partial charge in [0.15, 0.2) is 5.82 Å². The summed E-state index contributed by atoms with van der Waals surface area (Å²) in [5.74, 6) is -2.22. The number of benzene rings is 1. The average molecular weight is 280 g/mol. The molecule has 0 aliphatic carbocycles. The Hall–Kier alpha value is -1.81. The number of amidine groups is 1. The second-order valence-electron chi connectivity index (χ2n) is 3.17. The summed E-state index contributed by atoms with van der Waals surface area (Å²) >= 11 is 5.30. The van der Waals surface area contributed by atoms with Gasteiger partial charge >= 0.3 is 6.18 Å². The maximum absolute atomic E-state index is 13.6. The molecule has 3 nitrogen and oxygen atoms in total. The Morgan fingerprint density at radius 1 is 1.44 bits per heavy atom. The highest BCUT2D eigenvalue weighted by atomic mass is 35.5. The van der Waals surface area contributed by atoms with Crippen LogP contribution >= 0.6 is 11.6 Å². The molecule has 0 atom stereocenters. The number of aliphatic imine (C=N–C) groups is 1. The van der Waals surface area contributed by atoms with Crippen LogP contribution in [0.5, 0.6) is 0 Å². The van der Waals surface area contributed by atoms with Crippen molar-refractivity contribution in [3.05, 3.63) is 29.1 Å². The van der Waals surface area contributed by atoms with Crippen molar-refractivity contribution < 1.29 is 17.6 Å². The van der Waals surface area contributed by atoms with E-state index in [1.165, 1.54) is 6.07 Å². The smallest absolute Gasteiger partial charge is 0.386 e. The van der Waals surface area contributed by atoms with Crippen LogP contribution in [0.3, 0.4) is 0 Å². The highest BCUT2D eigenvalue weighted by Gasteiger charge is 2.35. The van der Waals surface area contributed by atoms with Crippen LogP contribution in [0, 0.1) is 17.1 Å². The largest absolute Gasteiger partial charge is 0.419 e. The number of hydrogen-bond acceptors (Lipinski definition) is 2. The number of hydrogen-bond donors (Lipinski definition) is 1. The summed E-state index contributed by atoms with van der Waals surface area (Å²) < 4.78 is 51.0. The van der Waals surface area contributed by atoms with E-state index < -0.39 is 23.2 Å². The highest BCUT2D eigenvalue weighted by Crippen LogP contribution is 2.36. The minimum Gasteiger partial charge on any atom is -0.386 e. The van der Waals surface area contributed by atoms with Crippen LogP contribution < -0.4 is 5.73 Å². The summed E-state index contributed by atoms with van der Waals surface area (Å²) in [4.78, 5) is 3.39. The van der Waals surface area contributed by atoms with Crippen molar-refractivity contribution >= 4 is 23.1 Å². The van der Waals surface area contributed by atoms with Crippen molar-refractivity contribution in [3.8, 4) is 6.07 Å². The lowest BCUT2D eigenvalue weighted by Gasteiger charge is -2.10. The molecule has 0 aliphatic rings. The van der Waals surface area contributed by atoms with E-state index in [9.17, 15) is 17.6 Å². The van der Waals surface area contributed by atoms with Gasteiger partial charge in [-0.05, 0) is 12.1 Å². The first-order chi connectivity index (χ1) is 8.31. The number of nitriles is 1. The first kappa shape index (κ1) is 14.3. The lowest BCUT2D eigenvalue weighted by Crippen LogP contribution is -2.14. The van der Waals surface area contributed by atoms with Gasteiger partial charge < -0.3 is 5.73 Å². The third-order valence-electron chi connectivity index (χ3n) is 1.93. The molecule has 18 heavy (non-hydrogen) atoms. The van der Waals surface area contributed by atoms with E-state index in [4.69, 9.17) is 22.6 Å². The quantitative estimate of drug-likeness (QED) is 0.391. The predicted molar refractivity (Wildman–Crippen MR) is 58.1 cm³/mol. The van der Waals surface area contributed by atoms with E-state index in [-0.39, 0.29) is 17.3 Å². The monoisotopic (exact) mass is 279 g/mol. The summed E-state index contributed by atoms with van der Waals surface area (Å²) in [6.45, 7) is 0. The number of alkyl halides is 4. The minimum absolute atomic E-state index is 0.286. The van der Waals surface area contributed by atoms with Gasteiger partial charge in [0.05, 0.1) is 17.0 Å². The molecule has 0 aromatic heterocycles. The topological polar surface area (TPSA) is 62.2 Å². The molecule has 8 heteroatoms. The van der Waals surface area contributed by atoms with Gasteiger partial charge in [0.1, 0.15) is 17.6 Å². The van der Waals surface area contributed by atoms with Crippen molar-refractivity contribution in [3.63, 3.8) is 0 Å². The Kier molecular flexibility index (Phi) is 4.14. The first-order valence-electron chi connectivity index (χ1n) is 4.50. The number of rotatable bonds is 2. The fourth-order valence-electron chi connectivity index (χ4n) is 1.16. The van der Waals surface area contributed by atoms with Crippen LogP contribution in [0.1, 0.15) is 11.1 Å². The van der Waals surface area contributed by atoms with E-state index in [1.54, 1.807) is 0 Å². The molecule has 0 unspecified atom stereocenters. The fraction of sp³-hybridized carbons (Fsp3) is 0.200. The Bertz CT molecular complexity index is 531. The second kappa shape index (κ2) is 5.23. The summed E-state index contributed by atoms with van der Waals surface area (Å²) in [5, 5.41) is 8.68. The van der Waals surface area contributed by atoms with Crippen LogP contribution in [0.15, 0.2) is 17.1 Å². The van der Waals surface area contributed by atoms with E-state index >= 15 is 0 Å². The van der Waals surface area contributed by atoms with Gasteiger partial charge in [-0.3, -0.25) is 0 Å². The molecular weight excluding hydrogens is 274 g/mol. The molecule has 2 N–H and O–H groups in total. The second-order valence-corrected chi connectivity index (χ2v) is 3.44. The van der Waals surface area contributed by atoms with Gasteiger partial charge in [-0.1, -0.05) is 0 Å². The van der Waals surface area contributed by atoms with Crippen LogP contribution in [0.2, 0.25) is 0 Å². The molecular formula is C10H6ClF4N3. The Morgan fingerprint density at radius 3 is 2.50 bits per heavy atom. The van der Waals surface area contributed by atoms with Gasteiger partial charge in [-0.2, -0.15) is 18.4 Å². The molecule has 0 amide bonds. The normalized spacial score (nSPS) is 12.3. The Morgan fingerprint density at radius 2 is 2.06 bits per heavy atom.